The van der Waals surface area contributed by atoms with Crippen LogP contribution in [0, 0.1) is 0 Å². The molecule has 0 heterocycles. The van der Waals surface area contributed by atoms with Gasteiger partial charge in [0.1, 0.15) is 0 Å². The number of hydrogen-bond donors (Lipinski definition) is 0. The maximum atomic E-state index is 3.63. The first-order chi connectivity index (χ1) is 3.41. The summed E-state index contributed by atoms with van der Waals surface area (Å²) in [6, 6.07) is 0. The van der Waals surface area contributed by atoms with Gasteiger partial charge >= 0.3 is 29.6 Å². The molecule has 0 aromatic carbocycles. The van der Waals surface area contributed by atoms with Crippen LogP contribution in [-0.4, -0.2) is 0 Å². The normalized spacial score (nSPS) is 7.62. The van der Waals surface area contributed by atoms with E-state index in [9.17, 15) is 0 Å². The Kier molecular flexibility index (Phi) is 15.4. The molecule has 0 rings (SSSR count). The van der Waals surface area contributed by atoms with Crippen LogP contribution < -0.4 is 29.6 Å². The van der Waals surface area contributed by atoms with Gasteiger partial charge in [-0.3, -0.25) is 0 Å². The van der Waals surface area contributed by atoms with Gasteiger partial charge in [0, 0.05) is 0 Å². The molecule has 0 nitrogen and oxygen atoms in total. The van der Waals surface area contributed by atoms with Crippen LogP contribution in [-0.2, 0) is 0 Å². The molecule has 44 valence electrons. The van der Waals surface area contributed by atoms with Gasteiger partial charge in [0.25, 0.3) is 0 Å². The monoisotopic (exact) mass is 122 g/mol. The van der Waals surface area contributed by atoms with Gasteiger partial charge in [-0.15, -0.1) is 6.58 Å². The Hall–Kier alpha value is 0.740. The summed E-state index contributed by atoms with van der Waals surface area (Å²) in [5.74, 6) is 0. The zero-order valence-corrected chi connectivity index (χ0v) is 8.11. The van der Waals surface area contributed by atoms with Crippen molar-refractivity contribution in [2.45, 2.75) is 32.6 Å². The molecule has 0 aliphatic carbocycles. The Morgan fingerprint density at radius 3 is 2.50 bits per heavy atom. The second-order valence-electron chi connectivity index (χ2n) is 1.78. The Balaban J connectivity index is -0.000000180. The number of allylic oxidation sites excluding steroid dienone is 1. The van der Waals surface area contributed by atoms with E-state index in [1.54, 1.807) is 0 Å². The Morgan fingerprint density at radius 2 is 2.12 bits per heavy atom. The van der Waals surface area contributed by atoms with E-state index in [1.165, 1.54) is 25.7 Å². The molecular formula is C7H15Na. The van der Waals surface area contributed by atoms with Gasteiger partial charge in [0.05, 0.1) is 0 Å². The van der Waals surface area contributed by atoms with E-state index in [1.807, 2.05) is 6.08 Å². The van der Waals surface area contributed by atoms with Crippen molar-refractivity contribution in [2.24, 2.45) is 0 Å². The summed E-state index contributed by atoms with van der Waals surface area (Å²) in [6.45, 7) is 5.84. The minimum atomic E-state index is 0. The quantitative estimate of drug-likeness (QED) is 0.277. The smallest absolute Gasteiger partial charge is 1.00 e. The summed E-state index contributed by atoms with van der Waals surface area (Å²) in [4.78, 5) is 0. The molecule has 0 aromatic heterocycles. The maximum Gasteiger partial charge on any atom is 1.00 e. The molecule has 0 atom stereocenters. The predicted molar refractivity (Wildman–Crippen MR) is 35.5 cm³/mol. The van der Waals surface area contributed by atoms with E-state index < -0.39 is 0 Å². The van der Waals surface area contributed by atoms with Crippen LogP contribution in [0.4, 0.5) is 0 Å². The molecule has 0 aliphatic heterocycles. The third-order valence-corrected chi connectivity index (χ3v) is 1.01. The first-order valence-electron chi connectivity index (χ1n) is 3.02. The van der Waals surface area contributed by atoms with Crippen LogP contribution in [0.1, 0.15) is 34.0 Å². The average molecular weight is 122 g/mol. The molecular weight excluding hydrogens is 107 g/mol. The van der Waals surface area contributed by atoms with E-state index in [0.29, 0.717) is 0 Å². The van der Waals surface area contributed by atoms with Crippen LogP contribution in [0.5, 0.6) is 0 Å². The summed E-state index contributed by atoms with van der Waals surface area (Å²) in [5, 5.41) is 0. The van der Waals surface area contributed by atoms with Crippen LogP contribution in [0.3, 0.4) is 0 Å². The maximum absolute atomic E-state index is 3.63. The largest absolute Gasteiger partial charge is 1.00 e. The molecule has 0 saturated carbocycles. The van der Waals surface area contributed by atoms with Crippen LogP contribution in [0.25, 0.3) is 0 Å². The Morgan fingerprint density at radius 1 is 1.50 bits per heavy atom. The number of unbranched alkanes of at least 4 members (excludes halogenated alkanes) is 3. The molecule has 0 N–H and O–H groups in total. The molecule has 0 saturated heterocycles. The molecule has 1 heteroatoms. The van der Waals surface area contributed by atoms with Gasteiger partial charge in [-0.05, 0) is 12.8 Å². The fourth-order valence-corrected chi connectivity index (χ4v) is 0.539. The second kappa shape index (κ2) is 10.7. The van der Waals surface area contributed by atoms with Gasteiger partial charge < -0.3 is 1.43 Å². The van der Waals surface area contributed by atoms with Crippen molar-refractivity contribution in [3.8, 4) is 0 Å². The fraction of sp³-hybridized carbons (Fsp3) is 0.714. The summed E-state index contributed by atoms with van der Waals surface area (Å²) >= 11 is 0. The molecule has 0 bridgehead atoms. The van der Waals surface area contributed by atoms with Crippen molar-refractivity contribution in [1.82, 2.24) is 0 Å². The molecule has 0 radical (unpaired) electrons. The van der Waals surface area contributed by atoms with Gasteiger partial charge in [-0.1, -0.05) is 25.8 Å². The predicted octanol–water partition coefficient (Wildman–Crippen LogP) is -0.131. The van der Waals surface area contributed by atoms with Gasteiger partial charge in [0.15, 0.2) is 0 Å². The Labute approximate surface area is 76.1 Å². The van der Waals surface area contributed by atoms with E-state index in [4.69, 9.17) is 0 Å². The summed E-state index contributed by atoms with van der Waals surface area (Å²) in [6.07, 6.45) is 7.16. The first-order valence-corrected chi connectivity index (χ1v) is 3.02. The van der Waals surface area contributed by atoms with E-state index in [0.717, 1.165) is 0 Å². The van der Waals surface area contributed by atoms with Crippen molar-refractivity contribution in [3.63, 3.8) is 0 Å². The van der Waals surface area contributed by atoms with Gasteiger partial charge in [0.2, 0.25) is 0 Å². The molecule has 0 aliphatic rings. The minimum Gasteiger partial charge on any atom is -1.00 e. The van der Waals surface area contributed by atoms with Gasteiger partial charge in [-0.25, -0.2) is 0 Å². The van der Waals surface area contributed by atoms with Crippen molar-refractivity contribution in [1.29, 1.82) is 0 Å². The van der Waals surface area contributed by atoms with Crippen LogP contribution in [0.15, 0.2) is 12.7 Å². The van der Waals surface area contributed by atoms with Crippen molar-refractivity contribution >= 4 is 0 Å². The number of rotatable bonds is 4. The first kappa shape index (κ1) is 11.5. The number of hydrogen-bond acceptors (Lipinski definition) is 0. The second-order valence-corrected chi connectivity index (χ2v) is 1.78. The SMILES string of the molecule is C=CCCCCC.[H-].[Na+]. The van der Waals surface area contributed by atoms with Crippen molar-refractivity contribution in [2.75, 3.05) is 0 Å². The van der Waals surface area contributed by atoms with Gasteiger partial charge in [-0.2, -0.15) is 0 Å². The molecule has 0 amide bonds. The van der Waals surface area contributed by atoms with Crippen LogP contribution >= 0.6 is 0 Å². The van der Waals surface area contributed by atoms with E-state index in [2.05, 4.69) is 13.5 Å². The summed E-state index contributed by atoms with van der Waals surface area (Å²) in [7, 11) is 0. The zero-order valence-electron chi connectivity index (χ0n) is 7.11. The third-order valence-electron chi connectivity index (χ3n) is 1.01. The average Bonchev–Trinajstić information content (AvgIpc) is 1.69. The Bertz CT molecular complexity index is 46.2. The van der Waals surface area contributed by atoms with Crippen LogP contribution in [0.2, 0.25) is 0 Å². The van der Waals surface area contributed by atoms with Crippen molar-refractivity contribution < 1.29 is 31.0 Å². The summed E-state index contributed by atoms with van der Waals surface area (Å²) < 4.78 is 0. The standard InChI is InChI=1S/C7H14.Na.H/c1-3-5-7-6-4-2;;/h3H,1,4-7H2,2H3;;/q;+1;-1. The van der Waals surface area contributed by atoms with E-state index >= 15 is 0 Å². The van der Waals surface area contributed by atoms with E-state index in [-0.39, 0.29) is 31.0 Å². The topological polar surface area (TPSA) is 0 Å². The minimum absolute atomic E-state index is 0. The molecule has 0 unspecified atom stereocenters. The third kappa shape index (κ3) is 9.88. The summed E-state index contributed by atoms with van der Waals surface area (Å²) in [5.41, 5.74) is 0. The zero-order chi connectivity index (χ0) is 5.54. The van der Waals surface area contributed by atoms with Crippen molar-refractivity contribution in [3.05, 3.63) is 12.7 Å². The molecule has 8 heavy (non-hydrogen) atoms. The molecule has 0 fully saturated rings. The molecule has 0 spiro atoms. The molecule has 0 aromatic rings. The fourth-order valence-electron chi connectivity index (χ4n) is 0.539.